The van der Waals surface area contributed by atoms with Gasteiger partial charge in [0, 0.05) is 34.0 Å². The molecule has 0 aliphatic carbocycles. The molecule has 0 atom stereocenters. The number of fused-ring (bicyclic) bond motifs is 4. The van der Waals surface area contributed by atoms with Crippen LogP contribution in [0, 0.1) is 0 Å². The number of nitrogens with zero attached hydrogens (tertiary/aromatic N) is 2. The second kappa shape index (κ2) is 13.7. The van der Waals surface area contributed by atoms with E-state index in [4.69, 9.17) is 0 Å². The highest BCUT2D eigenvalue weighted by atomic mass is 15.2. The molecule has 0 aromatic heterocycles. The van der Waals surface area contributed by atoms with Gasteiger partial charge in [-0.15, -0.1) is 0 Å². The van der Waals surface area contributed by atoms with Gasteiger partial charge in [0.25, 0.3) is 6.71 Å². The molecular formula is C54H37BN2. The third-order valence-corrected chi connectivity index (χ3v) is 11.7. The fraction of sp³-hybridized carbons (Fsp3) is 0. The van der Waals surface area contributed by atoms with Gasteiger partial charge in [-0.2, -0.15) is 0 Å². The zero-order valence-corrected chi connectivity index (χ0v) is 31.3. The summed E-state index contributed by atoms with van der Waals surface area (Å²) >= 11 is 0. The smallest absolute Gasteiger partial charge is 0.252 e. The summed E-state index contributed by atoms with van der Waals surface area (Å²) in [6.07, 6.45) is 0. The summed E-state index contributed by atoms with van der Waals surface area (Å²) in [5, 5.41) is 0. The van der Waals surface area contributed by atoms with Crippen molar-refractivity contribution in [2.45, 2.75) is 0 Å². The lowest BCUT2D eigenvalue weighted by molar-refractivity contribution is 1.25. The molecule has 2 heterocycles. The Morgan fingerprint density at radius 3 is 1.26 bits per heavy atom. The Bertz CT molecular complexity index is 2910. The highest BCUT2D eigenvalue weighted by molar-refractivity contribution is 7.00. The first kappa shape index (κ1) is 33.0. The number of hydrogen-bond acceptors (Lipinski definition) is 2. The van der Waals surface area contributed by atoms with Gasteiger partial charge in [0.15, 0.2) is 0 Å². The molecule has 2 aliphatic rings. The van der Waals surface area contributed by atoms with Crippen LogP contribution in [0.4, 0.5) is 34.1 Å². The van der Waals surface area contributed by atoms with Gasteiger partial charge in [-0.25, -0.2) is 0 Å². The van der Waals surface area contributed by atoms with E-state index in [1.165, 1.54) is 83.6 Å². The van der Waals surface area contributed by atoms with Crippen molar-refractivity contribution in [1.29, 1.82) is 0 Å². The van der Waals surface area contributed by atoms with E-state index in [9.17, 15) is 0 Å². The van der Waals surface area contributed by atoms with Crippen molar-refractivity contribution in [2.24, 2.45) is 0 Å². The van der Waals surface area contributed by atoms with Gasteiger partial charge in [0.1, 0.15) is 0 Å². The fourth-order valence-corrected chi connectivity index (χ4v) is 9.07. The molecule has 0 N–H and O–H groups in total. The number of rotatable bonds is 6. The molecular weight excluding hydrogens is 687 g/mol. The lowest BCUT2D eigenvalue weighted by Gasteiger charge is -2.44. The molecule has 9 aromatic carbocycles. The molecule has 0 fully saturated rings. The van der Waals surface area contributed by atoms with Gasteiger partial charge in [-0.3, -0.25) is 0 Å². The molecule has 0 amide bonds. The van der Waals surface area contributed by atoms with Crippen LogP contribution in [0.1, 0.15) is 0 Å². The molecule has 266 valence electrons. The van der Waals surface area contributed by atoms with E-state index in [0.717, 1.165) is 11.4 Å². The number of anilines is 6. The summed E-state index contributed by atoms with van der Waals surface area (Å²) in [6, 6.07) is 82.0. The molecule has 9 aromatic rings. The largest absolute Gasteiger partial charge is 0.311 e. The van der Waals surface area contributed by atoms with Crippen LogP contribution < -0.4 is 26.2 Å². The molecule has 0 saturated carbocycles. The van der Waals surface area contributed by atoms with Crippen LogP contribution in [-0.4, -0.2) is 6.71 Å². The monoisotopic (exact) mass is 724 g/mol. The topological polar surface area (TPSA) is 6.48 Å². The van der Waals surface area contributed by atoms with E-state index in [1.807, 2.05) is 0 Å². The summed E-state index contributed by atoms with van der Waals surface area (Å²) in [5.41, 5.74) is 20.6. The summed E-state index contributed by atoms with van der Waals surface area (Å²) in [6.45, 7) is 0.0181. The average Bonchev–Trinajstić information content (AvgIpc) is 3.30. The Kier molecular flexibility index (Phi) is 7.96. The Balaban J connectivity index is 1.20. The molecule has 0 spiro atoms. The quantitative estimate of drug-likeness (QED) is 0.158. The van der Waals surface area contributed by atoms with Crippen LogP contribution in [0.25, 0.3) is 44.5 Å². The second-order valence-corrected chi connectivity index (χ2v) is 14.9. The third kappa shape index (κ3) is 5.59. The summed E-state index contributed by atoms with van der Waals surface area (Å²) in [5.74, 6) is 0. The average molecular weight is 725 g/mol. The van der Waals surface area contributed by atoms with E-state index in [-0.39, 0.29) is 6.71 Å². The third-order valence-electron chi connectivity index (χ3n) is 11.7. The highest BCUT2D eigenvalue weighted by Crippen LogP contribution is 2.47. The lowest BCUT2D eigenvalue weighted by Crippen LogP contribution is -2.61. The zero-order valence-electron chi connectivity index (χ0n) is 31.3. The first-order valence-electron chi connectivity index (χ1n) is 19.7. The van der Waals surface area contributed by atoms with Crippen molar-refractivity contribution in [3.63, 3.8) is 0 Å². The van der Waals surface area contributed by atoms with Gasteiger partial charge in [-0.1, -0.05) is 182 Å². The van der Waals surface area contributed by atoms with Gasteiger partial charge >= 0.3 is 0 Å². The van der Waals surface area contributed by atoms with Crippen molar-refractivity contribution in [2.75, 3.05) is 9.80 Å². The van der Waals surface area contributed by atoms with Crippen LogP contribution >= 0.6 is 0 Å². The minimum Gasteiger partial charge on any atom is -0.311 e. The predicted octanol–water partition coefficient (Wildman–Crippen LogP) is 12.4. The second-order valence-electron chi connectivity index (χ2n) is 14.9. The normalized spacial score (nSPS) is 12.5. The van der Waals surface area contributed by atoms with Gasteiger partial charge in [-0.05, 0) is 97.8 Å². The minimum absolute atomic E-state index is 0.0181. The van der Waals surface area contributed by atoms with Crippen molar-refractivity contribution in [3.8, 4) is 44.5 Å². The van der Waals surface area contributed by atoms with E-state index < -0.39 is 0 Å². The Morgan fingerprint density at radius 1 is 0.263 bits per heavy atom. The van der Waals surface area contributed by atoms with Crippen molar-refractivity contribution < 1.29 is 0 Å². The van der Waals surface area contributed by atoms with Crippen LogP contribution in [0.3, 0.4) is 0 Å². The Hall–Kier alpha value is -7.36. The van der Waals surface area contributed by atoms with Crippen molar-refractivity contribution >= 4 is 57.2 Å². The summed E-state index contributed by atoms with van der Waals surface area (Å²) < 4.78 is 0. The number of para-hydroxylation sites is 1. The summed E-state index contributed by atoms with van der Waals surface area (Å²) in [7, 11) is 0. The number of benzene rings is 9. The summed E-state index contributed by atoms with van der Waals surface area (Å²) in [4.78, 5) is 5.04. The van der Waals surface area contributed by atoms with Gasteiger partial charge in [0.2, 0.25) is 0 Å². The van der Waals surface area contributed by atoms with Crippen LogP contribution in [-0.2, 0) is 0 Å². The van der Waals surface area contributed by atoms with Crippen molar-refractivity contribution in [3.05, 3.63) is 224 Å². The molecule has 0 unspecified atom stereocenters. The molecule has 3 heteroatoms. The molecule has 0 saturated heterocycles. The maximum atomic E-state index is 2.53. The Morgan fingerprint density at radius 2 is 0.684 bits per heavy atom. The standard InChI is InChI=1S/C54H37BN2/c1-5-17-38(18-6-1)42-25-15-26-45(35-42)56-50-29-16-30-51-54(50)55(47-33-31-43(36-52(47)56)39-19-7-2-8-20-39)48-34-32-44(40-21-9-3-10-22-40)37-53(48)57(51)49-28-14-13-27-46(49)41-23-11-4-12-24-41/h1-37H. The first-order chi connectivity index (χ1) is 28.3. The SMILES string of the molecule is c1ccc(-c2cccc(N3c4cc(-c5ccccc5)ccc4B4c5ccc(-c6ccccc6)cc5N(c5ccccc5-c5ccccc5)c5cccc3c54)c2)cc1. The zero-order chi connectivity index (χ0) is 37.7. The van der Waals surface area contributed by atoms with Crippen LogP contribution in [0.15, 0.2) is 224 Å². The van der Waals surface area contributed by atoms with Gasteiger partial charge in [0.05, 0.1) is 5.69 Å². The molecule has 2 aliphatic heterocycles. The first-order valence-corrected chi connectivity index (χ1v) is 19.7. The lowest BCUT2D eigenvalue weighted by atomic mass is 9.33. The van der Waals surface area contributed by atoms with E-state index in [0.29, 0.717) is 0 Å². The molecule has 2 nitrogen and oxygen atoms in total. The van der Waals surface area contributed by atoms with E-state index in [1.54, 1.807) is 0 Å². The predicted molar refractivity (Wildman–Crippen MR) is 242 cm³/mol. The maximum absolute atomic E-state index is 2.53. The minimum atomic E-state index is 0.0181. The van der Waals surface area contributed by atoms with Crippen molar-refractivity contribution in [1.82, 2.24) is 0 Å². The van der Waals surface area contributed by atoms with Crippen LogP contribution in [0.2, 0.25) is 0 Å². The molecule has 11 rings (SSSR count). The molecule has 0 bridgehead atoms. The number of hydrogen-bond donors (Lipinski definition) is 0. The maximum Gasteiger partial charge on any atom is 0.252 e. The van der Waals surface area contributed by atoms with E-state index in [2.05, 4.69) is 234 Å². The highest BCUT2D eigenvalue weighted by Gasteiger charge is 2.43. The fourth-order valence-electron chi connectivity index (χ4n) is 9.07. The van der Waals surface area contributed by atoms with Crippen LogP contribution in [0.5, 0.6) is 0 Å². The molecule has 0 radical (unpaired) electrons. The van der Waals surface area contributed by atoms with E-state index >= 15 is 0 Å². The molecule has 57 heavy (non-hydrogen) atoms. The van der Waals surface area contributed by atoms with Gasteiger partial charge < -0.3 is 9.80 Å². The Labute approximate surface area is 334 Å².